The van der Waals surface area contributed by atoms with Crippen molar-refractivity contribution in [3.05, 3.63) is 23.8 Å². The second-order valence-electron chi connectivity index (χ2n) is 8.15. The highest BCUT2D eigenvalue weighted by Crippen LogP contribution is 2.61. The van der Waals surface area contributed by atoms with E-state index in [0.717, 1.165) is 0 Å². The third kappa shape index (κ3) is 12.0. The zero-order valence-electron chi connectivity index (χ0n) is 19.4. The van der Waals surface area contributed by atoms with Crippen LogP contribution in [0.5, 0.6) is 0 Å². The standard InChI is InChI=1S/C16H36P.C7H9NO3S/c1-5-9-13-17(14-10-6-2,15-11-7-3)16-12-8-4;1-5-2-3-6(8)7(4-5)12(9,10)11/h5-16H2,1-4H3;2-4H,8H2,1H3,(H,9,10,11)/q+1;/p-1. The van der Waals surface area contributed by atoms with Crippen LogP contribution in [0.3, 0.4) is 0 Å². The van der Waals surface area contributed by atoms with Crippen molar-refractivity contribution in [3.63, 3.8) is 0 Å². The van der Waals surface area contributed by atoms with Crippen LogP contribution in [-0.2, 0) is 10.1 Å². The number of benzene rings is 1. The lowest BCUT2D eigenvalue weighted by molar-refractivity contribution is 0.463. The molecule has 0 aliphatic heterocycles. The Morgan fingerprint density at radius 2 is 1.21 bits per heavy atom. The molecule has 0 saturated heterocycles. The molecule has 170 valence electrons. The van der Waals surface area contributed by atoms with E-state index in [1.807, 2.05) is 0 Å². The van der Waals surface area contributed by atoms with Crippen LogP contribution in [-0.4, -0.2) is 37.6 Å². The van der Waals surface area contributed by atoms with E-state index in [0.29, 0.717) is 5.56 Å². The molecule has 1 aromatic rings. The molecule has 0 radical (unpaired) electrons. The number of unbranched alkanes of at least 4 members (excludes halogenated alkanes) is 4. The zero-order valence-corrected chi connectivity index (χ0v) is 21.1. The van der Waals surface area contributed by atoms with Gasteiger partial charge in [0.2, 0.25) is 0 Å². The van der Waals surface area contributed by atoms with Crippen LogP contribution in [0.4, 0.5) is 5.69 Å². The number of nitrogens with two attached hydrogens (primary N) is 1. The molecule has 0 fully saturated rings. The van der Waals surface area contributed by atoms with Gasteiger partial charge in [0.15, 0.2) is 0 Å². The molecule has 1 rings (SSSR count). The van der Waals surface area contributed by atoms with Crippen LogP contribution in [0.1, 0.15) is 84.6 Å². The van der Waals surface area contributed by atoms with Crippen molar-refractivity contribution in [1.82, 2.24) is 0 Å². The summed E-state index contributed by atoms with van der Waals surface area (Å²) in [6, 6.07) is 4.31. The highest BCUT2D eigenvalue weighted by Gasteiger charge is 2.34. The summed E-state index contributed by atoms with van der Waals surface area (Å²) in [6.45, 7) is 11.1. The molecular weight excluding hydrogens is 401 g/mol. The van der Waals surface area contributed by atoms with E-state index in [4.69, 9.17) is 5.73 Å². The number of anilines is 1. The van der Waals surface area contributed by atoms with Crippen LogP contribution in [0.2, 0.25) is 0 Å². The van der Waals surface area contributed by atoms with Crippen molar-refractivity contribution in [1.29, 1.82) is 0 Å². The molecule has 0 amide bonds. The van der Waals surface area contributed by atoms with Crippen molar-refractivity contribution in [2.45, 2.75) is 90.9 Å². The Kier molecular flexibility index (Phi) is 14.9. The van der Waals surface area contributed by atoms with E-state index in [1.54, 1.807) is 37.6 Å². The largest absolute Gasteiger partial charge is 0.744 e. The summed E-state index contributed by atoms with van der Waals surface area (Å²) in [5.41, 5.74) is 5.99. The second-order valence-corrected chi connectivity index (χ2v) is 14.0. The van der Waals surface area contributed by atoms with Gasteiger partial charge in [0, 0.05) is 12.9 Å². The first kappa shape index (κ1) is 28.4. The SMILES string of the molecule is CCCC[P+](CCCC)(CCCC)CCCC.Cc1ccc(N)c(S(=O)(=O)[O-])c1. The van der Waals surface area contributed by atoms with E-state index >= 15 is 0 Å². The molecule has 0 bridgehead atoms. The summed E-state index contributed by atoms with van der Waals surface area (Å²) in [7, 11) is -4.99. The summed E-state index contributed by atoms with van der Waals surface area (Å²) in [4.78, 5) is -0.345. The lowest BCUT2D eigenvalue weighted by Gasteiger charge is -2.28. The van der Waals surface area contributed by atoms with Crippen LogP contribution >= 0.6 is 7.26 Å². The minimum atomic E-state index is -4.43. The third-order valence-corrected chi connectivity index (χ3v) is 11.3. The van der Waals surface area contributed by atoms with Gasteiger partial charge in [-0.15, -0.1) is 0 Å². The van der Waals surface area contributed by atoms with Gasteiger partial charge in [0.1, 0.15) is 10.1 Å². The van der Waals surface area contributed by atoms with E-state index in [1.165, 1.54) is 63.5 Å². The highest BCUT2D eigenvalue weighted by molar-refractivity contribution is 7.86. The van der Waals surface area contributed by atoms with Gasteiger partial charge in [-0.3, -0.25) is 0 Å². The monoisotopic (exact) mass is 445 g/mol. The smallest absolute Gasteiger partial charge is 0.126 e. The molecule has 0 spiro atoms. The maximum atomic E-state index is 10.6. The Morgan fingerprint density at radius 3 is 1.48 bits per heavy atom. The number of hydrogen-bond donors (Lipinski definition) is 1. The zero-order chi connectivity index (χ0) is 22.3. The molecule has 4 nitrogen and oxygen atoms in total. The molecule has 6 heteroatoms. The van der Waals surface area contributed by atoms with Gasteiger partial charge in [0.25, 0.3) is 0 Å². The van der Waals surface area contributed by atoms with Crippen molar-refractivity contribution in [2.75, 3.05) is 30.4 Å². The summed E-state index contributed by atoms with van der Waals surface area (Å²) in [6.07, 6.45) is 17.9. The topological polar surface area (TPSA) is 83.2 Å². The molecule has 0 atom stereocenters. The van der Waals surface area contributed by atoms with Crippen LogP contribution in [0.15, 0.2) is 23.1 Å². The number of nitrogen functional groups attached to an aromatic ring is 1. The van der Waals surface area contributed by atoms with Gasteiger partial charge >= 0.3 is 0 Å². The molecule has 0 aliphatic carbocycles. The Morgan fingerprint density at radius 1 is 0.828 bits per heavy atom. The van der Waals surface area contributed by atoms with Crippen molar-refractivity contribution >= 4 is 23.1 Å². The Labute approximate surface area is 181 Å². The molecule has 29 heavy (non-hydrogen) atoms. The fourth-order valence-electron chi connectivity index (χ4n) is 3.50. The molecular formula is C23H44NO3PS. The van der Waals surface area contributed by atoms with Crippen molar-refractivity contribution in [3.8, 4) is 0 Å². The van der Waals surface area contributed by atoms with Crippen molar-refractivity contribution < 1.29 is 13.0 Å². The number of aryl methyl sites for hydroxylation is 1. The second kappa shape index (κ2) is 15.2. The highest BCUT2D eigenvalue weighted by atomic mass is 32.2. The lowest BCUT2D eigenvalue weighted by Crippen LogP contribution is -2.12. The van der Waals surface area contributed by atoms with Crippen LogP contribution in [0.25, 0.3) is 0 Å². The molecule has 0 aromatic heterocycles. The van der Waals surface area contributed by atoms with Gasteiger partial charge in [-0.25, -0.2) is 8.42 Å². The average molecular weight is 446 g/mol. The minimum absolute atomic E-state index is 0.00407. The number of rotatable bonds is 13. The van der Waals surface area contributed by atoms with Gasteiger partial charge in [-0.05, 0) is 50.3 Å². The quantitative estimate of drug-likeness (QED) is 0.208. The maximum absolute atomic E-state index is 10.6. The van der Waals surface area contributed by atoms with Gasteiger partial charge in [-0.1, -0.05) is 59.4 Å². The lowest BCUT2D eigenvalue weighted by atomic mass is 10.2. The average Bonchev–Trinajstić information content (AvgIpc) is 2.68. The Bertz CT molecular complexity index is 625. The summed E-state index contributed by atoms with van der Waals surface area (Å²) < 4.78 is 31.7. The van der Waals surface area contributed by atoms with Gasteiger partial charge in [0.05, 0.1) is 29.5 Å². The van der Waals surface area contributed by atoms with Gasteiger partial charge in [-0.2, -0.15) is 0 Å². The van der Waals surface area contributed by atoms with Gasteiger partial charge < -0.3 is 10.3 Å². The molecule has 0 aliphatic rings. The normalized spacial score (nSPS) is 11.8. The fourth-order valence-corrected chi connectivity index (χ4v) is 9.48. The first-order valence-corrected chi connectivity index (χ1v) is 15.3. The molecule has 0 saturated carbocycles. The van der Waals surface area contributed by atoms with Crippen LogP contribution in [0, 0.1) is 6.92 Å². The minimum Gasteiger partial charge on any atom is -0.744 e. The Hall–Kier alpha value is -0.640. The molecule has 1 aromatic carbocycles. The predicted molar refractivity (Wildman–Crippen MR) is 130 cm³/mol. The summed E-state index contributed by atoms with van der Waals surface area (Å²) in [5.74, 6) is 0. The molecule has 0 unspecified atom stereocenters. The number of hydrogen-bond acceptors (Lipinski definition) is 4. The summed E-state index contributed by atoms with van der Waals surface area (Å²) in [5, 5.41) is 0. The van der Waals surface area contributed by atoms with E-state index in [9.17, 15) is 13.0 Å². The van der Waals surface area contributed by atoms with Crippen LogP contribution < -0.4 is 5.73 Å². The first-order chi connectivity index (χ1) is 13.7. The van der Waals surface area contributed by atoms with E-state index in [2.05, 4.69) is 27.7 Å². The first-order valence-electron chi connectivity index (χ1n) is 11.3. The van der Waals surface area contributed by atoms with Crippen molar-refractivity contribution in [2.24, 2.45) is 0 Å². The maximum Gasteiger partial charge on any atom is 0.126 e. The Balaban J connectivity index is 0.000000571. The fraction of sp³-hybridized carbons (Fsp3) is 0.739. The van der Waals surface area contributed by atoms with E-state index in [-0.39, 0.29) is 10.6 Å². The third-order valence-electron chi connectivity index (χ3n) is 5.38. The molecule has 2 N–H and O–H groups in total. The summed E-state index contributed by atoms with van der Waals surface area (Å²) >= 11 is 0. The molecule has 0 heterocycles. The van der Waals surface area contributed by atoms with E-state index < -0.39 is 17.4 Å². The predicted octanol–water partition coefficient (Wildman–Crippen LogP) is 6.69.